The van der Waals surface area contributed by atoms with Gasteiger partial charge in [0.05, 0.1) is 5.03 Å². The van der Waals surface area contributed by atoms with Crippen LogP contribution in [0, 0.1) is 18.8 Å². The van der Waals surface area contributed by atoms with Gasteiger partial charge < -0.3 is 0 Å². The molecule has 1 radical (unpaired) electrons. The lowest BCUT2D eigenvalue weighted by Gasteiger charge is -2.01. The first-order chi connectivity index (χ1) is 7.74. The van der Waals surface area contributed by atoms with Crippen LogP contribution in [0.15, 0.2) is 41.4 Å². The number of pyridine rings is 1. The van der Waals surface area contributed by atoms with Crippen LogP contribution in [-0.4, -0.2) is 4.98 Å². The quantitative estimate of drug-likeness (QED) is 0.750. The van der Waals surface area contributed by atoms with E-state index in [1.807, 2.05) is 19.1 Å². The number of rotatable bonds is 3. The number of hydrogen-bond acceptors (Lipinski definition) is 2. The third-order valence-corrected chi connectivity index (χ3v) is 3.10. The van der Waals surface area contributed by atoms with Crippen molar-refractivity contribution in [1.29, 1.82) is 0 Å². The summed E-state index contributed by atoms with van der Waals surface area (Å²) in [6.07, 6.45) is 0. The van der Waals surface area contributed by atoms with Crippen LogP contribution in [0.25, 0.3) is 0 Å². The first kappa shape index (κ1) is 11.1. The van der Waals surface area contributed by atoms with Gasteiger partial charge in [-0.2, -0.15) is 0 Å². The van der Waals surface area contributed by atoms with Gasteiger partial charge in [-0.1, -0.05) is 12.1 Å². The Balaban J connectivity index is 1.99. The van der Waals surface area contributed by atoms with E-state index in [4.69, 9.17) is 0 Å². The predicted octanol–water partition coefficient (Wildman–Crippen LogP) is 3.62. The van der Waals surface area contributed by atoms with Gasteiger partial charge in [0.1, 0.15) is 5.82 Å². The minimum atomic E-state index is -0.197. The van der Waals surface area contributed by atoms with Gasteiger partial charge >= 0.3 is 0 Å². The number of nitrogens with zero attached hydrogens (tertiary/aromatic N) is 1. The molecule has 1 aromatic heterocycles. The first-order valence-electron chi connectivity index (χ1n) is 4.96. The van der Waals surface area contributed by atoms with Crippen molar-refractivity contribution in [2.24, 2.45) is 0 Å². The molecular weight excluding hydrogens is 221 g/mol. The predicted molar refractivity (Wildman–Crippen MR) is 63.8 cm³/mol. The van der Waals surface area contributed by atoms with Crippen LogP contribution in [-0.2, 0) is 5.75 Å². The van der Waals surface area contributed by atoms with E-state index < -0.39 is 0 Å². The highest BCUT2D eigenvalue weighted by atomic mass is 32.2. The van der Waals surface area contributed by atoms with Crippen molar-refractivity contribution in [1.82, 2.24) is 4.98 Å². The summed E-state index contributed by atoms with van der Waals surface area (Å²) in [4.78, 5) is 4.34. The summed E-state index contributed by atoms with van der Waals surface area (Å²) in [7, 11) is 0. The molecule has 3 heteroatoms. The second kappa shape index (κ2) is 5.12. The van der Waals surface area contributed by atoms with E-state index in [2.05, 4.69) is 11.1 Å². The van der Waals surface area contributed by atoms with Gasteiger partial charge in [0.25, 0.3) is 0 Å². The molecule has 0 unspecified atom stereocenters. The van der Waals surface area contributed by atoms with Crippen LogP contribution in [0.1, 0.15) is 11.3 Å². The van der Waals surface area contributed by atoms with Crippen molar-refractivity contribution < 1.29 is 4.39 Å². The van der Waals surface area contributed by atoms with E-state index in [1.165, 1.54) is 12.1 Å². The van der Waals surface area contributed by atoms with Crippen molar-refractivity contribution in [3.05, 3.63) is 59.5 Å². The lowest BCUT2D eigenvalue weighted by Crippen LogP contribution is -1.86. The van der Waals surface area contributed by atoms with Crippen LogP contribution >= 0.6 is 11.8 Å². The molecule has 16 heavy (non-hydrogen) atoms. The average molecular weight is 232 g/mol. The van der Waals surface area contributed by atoms with Crippen LogP contribution in [0.2, 0.25) is 0 Å². The molecule has 2 rings (SSSR count). The summed E-state index contributed by atoms with van der Waals surface area (Å²) in [5.41, 5.74) is 1.99. The Morgan fingerprint density at radius 3 is 2.69 bits per heavy atom. The van der Waals surface area contributed by atoms with Gasteiger partial charge in [0.2, 0.25) is 0 Å². The molecule has 0 aliphatic rings. The normalized spacial score (nSPS) is 10.4. The Hall–Kier alpha value is -1.35. The third kappa shape index (κ3) is 3.07. The summed E-state index contributed by atoms with van der Waals surface area (Å²) < 4.78 is 12.7. The summed E-state index contributed by atoms with van der Waals surface area (Å²) >= 11 is 1.64. The number of halogens is 1. The molecule has 1 nitrogen and oxygen atoms in total. The highest BCUT2D eigenvalue weighted by molar-refractivity contribution is 7.98. The van der Waals surface area contributed by atoms with Crippen LogP contribution < -0.4 is 0 Å². The maximum absolute atomic E-state index is 12.7. The average Bonchev–Trinajstić information content (AvgIpc) is 2.28. The van der Waals surface area contributed by atoms with Gasteiger partial charge in [-0.05, 0) is 36.8 Å². The van der Waals surface area contributed by atoms with Gasteiger partial charge in [-0.25, -0.2) is 9.37 Å². The van der Waals surface area contributed by atoms with Crippen molar-refractivity contribution in [2.45, 2.75) is 17.7 Å². The van der Waals surface area contributed by atoms with Crippen molar-refractivity contribution >= 4 is 11.8 Å². The van der Waals surface area contributed by atoms with Gasteiger partial charge in [0, 0.05) is 17.5 Å². The number of thioether (sulfide) groups is 1. The minimum absolute atomic E-state index is 0.197. The van der Waals surface area contributed by atoms with E-state index in [9.17, 15) is 4.39 Å². The Labute approximate surface area is 98.7 Å². The van der Waals surface area contributed by atoms with E-state index in [0.29, 0.717) is 0 Å². The zero-order valence-electron chi connectivity index (χ0n) is 8.90. The van der Waals surface area contributed by atoms with Crippen LogP contribution in [0.5, 0.6) is 0 Å². The van der Waals surface area contributed by atoms with E-state index in [-0.39, 0.29) is 5.82 Å². The standard InChI is InChI=1S/C13H11FNS/c1-10-3-2-4-13(15-10)16-9-11-5-7-12(14)8-6-11/h2,4-8H,9H2,1H3. The molecule has 0 aliphatic carbocycles. The van der Waals surface area contributed by atoms with Crippen molar-refractivity contribution in [3.63, 3.8) is 0 Å². The molecule has 0 saturated carbocycles. The van der Waals surface area contributed by atoms with Crippen LogP contribution in [0.3, 0.4) is 0 Å². The van der Waals surface area contributed by atoms with Crippen LogP contribution in [0.4, 0.5) is 4.39 Å². The summed E-state index contributed by atoms with van der Waals surface area (Å²) in [5.74, 6) is 0.605. The van der Waals surface area contributed by atoms with Gasteiger partial charge in [-0.15, -0.1) is 11.8 Å². The number of hydrogen-bond donors (Lipinski definition) is 0. The largest absolute Gasteiger partial charge is 0.246 e. The Bertz CT molecular complexity index is 468. The van der Waals surface area contributed by atoms with Crippen molar-refractivity contribution in [3.8, 4) is 0 Å². The molecule has 0 atom stereocenters. The third-order valence-electron chi connectivity index (χ3n) is 2.10. The molecule has 0 spiro atoms. The van der Waals surface area contributed by atoms with E-state index >= 15 is 0 Å². The monoisotopic (exact) mass is 232 g/mol. The lowest BCUT2D eigenvalue weighted by molar-refractivity contribution is 0.627. The van der Waals surface area contributed by atoms with E-state index in [1.54, 1.807) is 23.9 Å². The molecule has 0 aliphatic heterocycles. The second-order valence-electron chi connectivity index (χ2n) is 3.43. The fourth-order valence-electron chi connectivity index (χ4n) is 1.29. The Kier molecular flexibility index (Phi) is 3.57. The number of benzene rings is 1. The molecule has 0 N–H and O–H groups in total. The summed E-state index contributed by atoms with van der Waals surface area (Å²) in [6.45, 7) is 1.92. The summed E-state index contributed by atoms with van der Waals surface area (Å²) in [5, 5.41) is 0.973. The van der Waals surface area contributed by atoms with Crippen molar-refractivity contribution in [2.75, 3.05) is 0 Å². The Morgan fingerprint density at radius 1 is 1.25 bits per heavy atom. The number of aryl methyl sites for hydroxylation is 1. The zero-order chi connectivity index (χ0) is 11.4. The first-order valence-corrected chi connectivity index (χ1v) is 5.95. The molecule has 81 valence electrons. The molecule has 0 fully saturated rings. The molecule has 1 aromatic carbocycles. The maximum atomic E-state index is 12.7. The fraction of sp³-hybridized carbons (Fsp3) is 0.154. The minimum Gasteiger partial charge on any atom is -0.246 e. The van der Waals surface area contributed by atoms with E-state index in [0.717, 1.165) is 22.0 Å². The molecule has 1 heterocycles. The summed E-state index contributed by atoms with van der Waals surface area (Å²) in [6, 6.07) is 13.4. The van der Waals surface area contributed by atoms with Gasteiger partial charge in [0.15, 0.2) is 0 Å². The fourth-order valence-corrected chi connectivity index (χ4v) is 2.16. The molecule has 0 bridgehead atoms. The number of aromatic nitrogens is 1. The highest BCUT2D eigenvalue weighted by Gasteiger charge is 1.98. The second-order valence-corrected chi connectivity index (χ2v) is 4.42. The molecule has 0 saturated heterocycles. The van der Waals surface area contributed by atoms with Gasteiger partial charge in [-0.3, -0.25) is 0 Å². The smallest absolute Gasteiger partial charge is 0.123 e. The molecular formula is C13H11FNS. The SMILES string of the molecule is Cc1[c]ccc(SCc2ccc(F)cc2)n1. The maximum Gasteiger partial charge on any atom is 0.123 e. The topological polar surface area (TPSA) is 12.9 Å². The molecule has 0 amide bonds. The zero-order valence-corrected chi connectivity index (χ0v) is 9.72. The Morgan fingerprint density at radius 2 is 2.00 bits per heavy atom. The lowest BCUT2D eigenvalue weighted by atomic mass is 10.2. The molecule has 2 aromatic rings. The highest BCUT2D eigenvalue weighted by Crippen LogP contribution is 2.20.